The standard InChI is InChI=1S/C15H14ClNO2/c1-10(17-13-6-4-12(16)5-7-13)9-14(18)15-8-3-11(2)19-15/h3-9,17H,1-2H3/b10-9+. The van der Waals surface area contributed by atoms with Crippen LogP contribution < -0.4 is 5.32 Å². The van der Waals surface area contributed by atoms with Crippen LogP contribution in [0.4, 0.5) is 5.69 Å². The summed E-state index contributed by atoms with van der Waals surface area (Å²) in [7, 11) is 0. The smallest absolute Gasteiger partial charge is 0.222 e. The second-order valence-corrected chi connectivity index (χ2v) is 4.67. The molecule has 0 amide bonds. The average molecular weight is 276 g/mol. The first-order valence-electron chi connectivity index (χ1n) is 5.86. The molecule has 0 aliphatic rings. The van der Waals surface area contributed by atoms with Gasteiger partial charge in [0.05, 0.1) is 0 Å². The molecule has 1 heterocycles. The number of halogens is 1. The monoisotopic (exact) mass is 275 g/mol. The van der Waals surface area contributed by atoms with Crippen molar-refractivity contribution in [3.05, 3.63) is 64.7 Å². The van der Waals surface area contributed by atoms with Crippen LogP contribution in [0.25, 0.3) is 0 Å². The summed E-state index contributed by atoms with van der Waals surface area (Å²) in [6.45, 7) is 3.63. The van der Waals surface area contributed by atoms with Crippen LogP contribution in [0.15, 0.2) is 52.6 Å². The third-order valence-corrected chi connectivity index (χ3v) is 2.77. The second-order valence-electron chi connectivity index (χ2n) is 4.23. The van der Waals surface area contributed by atoms with E-state index in [1.165, 1.54) is 6.08 Å². The molecule has 3 nitrogen and oxygen atoms in total. The molecule has 1 aromatic carbocycles. The summed E-state index contributed by atoms with van der Waals surface area (Å²) in [5, 5.41) is 3.79. The van der Waals surface area contributed by atoms with Gasteiger partial charge < -0.3 is 9.73 Å². The maximum absolute atomic E-state index is 11.9. The third kappa shape index (κ3) is 3.73. The zero-order valence-electron chi connectivity index (χ0n) is 10.7. The molecular weight excluding hydrogens is 262 g/mol. The highest BCUT2D eigenvalue weighted by atomic mass is 35.5. The summed E-state index contributed by atoms with van der Waals surface area (Å²) >= 11 is 5.81. The summed E-state index contributed by atoms with van der Waals surface area (Å²) in [6, 6.07) is 10.7. The van der Waals surface area contributed by atoms with Crippen LogP contribution in [0.5, 0.6) is 0 Å². The van der Waals surface area contributed by atoms with Gasteiger partial charge in [-0.25, -0.2) is 0 Å². The normalized spacial score (nSPS) is 11.4. The first-order valence-corrected chi connectivity index (χ1v) is 6.24. The Labute approximate surface area is 116 Å². The lowest BCUT2D eigenvalue weighted by Crippen LogP contribution is -2.00. The summed E-state index contributed by atoms with van der Waals surface area (Å²) in [4.78, 5) is 11.9. The molecule has 2 aromatic rings. The van der Waals surface area contributed by atoms with Gasteiger partial charge in [0.25, 0.3) is 0 Å². The van der Waals surface area contributed by atoms with Gasteiger partial charge in [-0.05, 0) is 50.2 Å². The number of hydrogen-bond acceptors (Lipinski definition) is 3. The number of carbonyl (C=O) groups excluding carboxylic acids is 1. The predicted molar refractivity (Wildman–Crippen MR) is 76.6 cm³/mol. The maximum atomic E-state index is 11.9. The molecule has 1 aromatic heterocycles. The largest absolute Gasteiger partial charge is 0.458 e. The molecule has 4 heteroatoms. The minimum atomic E-state index is -0.160. The molecular formula is C15H14ClNO2. The molecule has 1 N–H and O–H groups in total. The molecule has 0 atom stereocenters. The molecule has 0 bridgehead atoms. The molecule has 0 saturated carbocycles. The topological polar surface area (TPSA) is 42.2 Å². The van der Waals surface area contributed by atoms with Gasteiger partial charge in [-0.2, -0.15) is 0 Å². The van der Waals surface area contributed by atoms with Crippen LogP contribution in [-0.2, 0) is 0 Å². The molecule has 0 radical (unpaired) electrons. The zero-order valence-corrected chi connectivity index (χ0v) is 11.5. The minimum Gasteiger partial charge on any atom is -0.458 e. The molecule has 0 fully saturated rings. The van der Waals surface area contributed by atoms with Crippen LogP contribution in [0.3, 0.4) is 0 Å². The first-order chi connectivity index (χ1) is 9.04. The van der Waals surface area contributed by atoms with Gasteiger partial charge in [0, 0.05) is 22.5 Å². The Kier molecular flexibility index (Phi) is 4.07. The number of hydrogen-bond donors (Lipinski definition) is 1. The van der Waals surface area contributed by atoms with E-state index in [0.717, 1.165) is 17.1 Å². The Morgan fingerprint density at radius 1 is 1.21 bits per heavy atom. The van der Waals surface area contributed by atoms with Crippen molar-refractivity contribution < 1.29 is 9.21 Å². The van der Waals surface area contributed by atoms with Crippen molar-refractivity contribution in [3.63, 3.8) is 0 Å². The van der Waals surface area contributed by atoms with Crippen LogP contribution in [0, 0.1) is 6.92 Å². The zero-order chi connectivity index (χ0) is 13.8. The fraction of sp³-hybridized carbons (Fsp3) is 0.133. The van der Waals surface area contributed by atoms with Gasteiger partial charge in [-0.15, -0.1) is 0 Å². The molecule has 19 heavy (non-hydrogen) atoms. The highest BCUT2D eigenvalue weighted by Gasteiger charge is 2.07. The van der Waals surface area contributed by atoms with E-state index < -0.39 is 0 Å². The van der Waals surface area contributed by atoms with E-state index >= 15 is 0 Å². The Morgan fingerprint density at radius 3 is 2.47 bits per heavy atom. The van der Waals surface area contributed by atoms with E-state index in [-0.39, 0.29) is 5.78 Å². The van der Waals surface area contributed by atoms with Gasteiger partial charge >= 0.3 is 0 Å². The van der Waals surface area contributed by atoms with Crippen molar-refractivity contribution in [2.75, 3.05) is 5.32 Å². The van der Waals surface area contributed by atoms with Crippen LogP contribution in [-0.4, -0.2) is 5.78 Å². The predicted octanol–water partition coefficient (Wildman–Crippen LogP) is 4.44. The molecule has 0 aliphatic carbocycles. The number of benzene rings is 1. The number of aryl methyl sites for hydroxylation is 1. The lowest BCUT2D eigenvalue weighted by Gasteiger charge is -2.05. The summed E-state index contributed by atoms with van der Waals surface area (Å²) < 4.78 is 5.27. The van der Waals surface area contributed by atoms with Crippen molar-refractivity contribution >= 4 is 23.1 Å². The van der Waals surface area contributed by atoms with Gasteiger partial charge in [0.1, 0.15) is 5.76 Å². The molecule has 0 unspecified atom stereocenters. The highest BCUT2D eigenvalue weighted by molar-refractivity contribution is 6.30. The van der Waals surface area contributed by atoms with Gasteiger partial charge in [0.2, 0.25) is 5.78 Å². The quantitative estimate of drug-likeness (QED) is 0.662. The Bertz CT molecular complexity index is 611. The van der Waals surface area contributed by atoms with E-state index in [4.69, 9.17) is 16.0 Å². The van der Waals surface area contributed by atoms with E-state index in [1.807, 2.05) is 19.1 Å². The number of carbonyl (C=O) groups is 1. The number of ketones is 1. The Morgan fingerprint density at radius 2 is 1.89 bits per heavy atom. The van der Waals surface area contributed by atoms with E-state index in [0.29, 0.717) is 10.8 Å². The summed E-state index contributed by atoms with van der Waals surface area (Å²) in [5.41, 5.74) is 1.61. The number of anilines is 1. The molecule has 0 saturated heterocycles. The van der Waals surface area contributed by atoms with Crippen molar-refractivity contribution in [1.82, 2.24) is 0 Å². The van der Waals surface area contributed by atoms with Crippen molar-refractivity contribution in [3.8, 4) is 0 Å². The number of furan rings is 1. The lowest BCUT2D eigenvalue weighted by molar-refractivity contribution is 0.102. The molecule has 0 spiro atoms. The minimum absolute atomic E-state index is 0.160. The summed E-state index contributed by atoms with van der Waals surface area (Å²) in [6.07, 6.45) is 1.51. The van der Waals surface area contributed by atoms with Crippen LogP contribution in [0.1, 0.15) is 23.2 Å². The van der Waals surface area contributed by atoms with E-state index in [2.05, 4.69) is 5.32 Å². The molecule has 98 valence electrons. The van der Waals surface area contributed by atoms with Gasteiger partial charge in [0.15, 0.2) is 5.76 Å². The second kappa shape index (κ2) is 5.76. The van der Waals surface area contributed by atoms with Crippen molar-refractivity contribution in [2.45, 2.75) is 13.8 Å². The fourth-order valence-electron chi connectivity index (χ4n) is 1.63. The Balaban J connectivity index is 2.06. The fourth-order valence-corrected chi connectivity index (χ4v) is 1.76. The lowest BCUT2D eigenvalue weighted by atomic mass is 10.2. The molecule has 0 aliphatic heterocycles. The van der Waals surface area contributed by atoms with Crippen LogP contribution in [0.2, 0.25) is 5.02 Å². The van der Waals surface area contributed by atoms with Crippen LogP contribution >= 0.6 is 11.6 Å². The number of rotatable bonds is 4. The Hall–Kier alpha value is -2.00. The van der Waals surface area contributed by atoms with E-state index in [9.17, 15) is 4.79 Å². The third-order valence-electron chi connectivity index (χ3n) is 2.52. The SMILES string of the molecule is C/C(=C\C(=O)c1ccc(C)o1)Nc1ccc(Cl)cc1. The average Bonchev–Trinajstić information content (AvgIpc) is 2.79. The first kappa shape index (κ1) is 13.4. The van der Waals surface area contributed by atoms with Gasteiger partial charge in [-0.1, -0.05) is 11.6 Å². The highest BCUT2D eigenvalue weighted by Crippen LogP contribution is 2.15. The van der Waals surface area contributed by atoms with Gasteiger partial charge in [-0.3, -0.25) is 4.79 Å². The molecule has 2 rings (SSSR count). The number of allylic oxidation sites excluding steroid dienone is 2. The van der Waals surface area contributed by atoms with E-state index in [1.54, 1.807) is 31.2 Å². The van der Waals surface area contributed by atoms with Crippen molar-refractivity contribution in [2.24, 2.45) is 0 Å². The number of nitrogens with one attached hydrogen (secondary N) is 1. The maximum Gasteiger partial charge on any atom is 0.222 e. The summed E-state index contributed by atoms with van der Waals surface area (Å²) in [5.74, 6) is 0.905. The van der Waals surface area contributed by atoms with Crippen molar-refractivity contribution in [1.29, 1.82) is 0 Å².